The molecule has 0 amide bonds. The average Bonchev–Trinajstić information content (AvgIpc) is 3.10. The molecule has 2 aromatic carbocycles. The predicted molar refractivity (Wildman–Crippen MR) is 96.9 cm³/mol. The van der Waals surface area contributed by atoms with E-state index in [1.165, 1.54) is 12.1 Å². The van der Waals surface area contributed by atoms with Gasteiger partial charge in [-0.25, -0.2) is 16.8 Å². The van der Waals surface area contributed by atoms with E-state index in [1.807, 2.05) is 0 Å². The molecule has 152 valence electrons. The minimum Gasteiger partial charge on any atom is -0.224 e. The zero-order valence-electron chi connectivity index (χ0n) is 14.6. The Morgan fingerprint density at radius 2 is 1.50 bits per heavy atom. The summed E-state index contributed by atoms with van der Waals surface area (Å²) in [5.41, 5.74) is -0.948. The van der Waals surface area contributed by atoms with Crippen LogP contribution in [0, 0.1) is 0 Å². The van der Waals surface area contributed by atoms with Crippen molar-refractivity contribution >= 4 is 19.9 Å². The zero-order valence-corrected chi connectivity index (χ0v) is 16.3. The van der Waals surface area contributed by atoms with E-state index in [9.17, 15) is 30.0 Å². The van der Waals surface area contributed by atoms with Crippen LogP contribution in [-0.4, -0.2) is 39.5 Å². The van der Waals surface area contributed by atoms with Crippen molar-refractivity contribution in [2.75, 3.05) is 12.3 Å². The number of nitrogens with zero attached hydrogens (tertiary/aromatic N) is 1. The number of sulfonamides is 1. The van der Waals surface area contributed by atoms with E-state index in [-0.39, 0.29) is 22.1 Å². The normalized spacial score (nSPS) is 19.0. The SMILES string of the molecule is O=S(=O)(C[C@H]1CCCN1S(=O)(=O)c1ccc(C(F)(F)F)cc1)c1ccccc1. The molecular formula is C18H18F3NO4S2. The molecule has 0 aliphatic carbocycles. The van der Waals surface area contributed by atoms with Gasteiger partial charge in [0.25, 0.3) is 0 Å². The molecule has 0 unspecified atom stereocenters. The first-order valence-electron chi connectivity index (χ1n) is 8.49. The number of sulfone groups is 1. The van der Waals surface area contributed by atoms with Crippen LogP contribution in [0.1, 0.15) is 18.4 Å². The van der Waals surface area contributed by atoms with Crippen molar-refractivity contribution in [3.63, 3.8) is 0 Å². The molecule has 1 aliphatic heterocycles. The molecule has 0 bridgehead atoms. The molecule has 28 heavy (non-hydrogen) atoms. The monoisotopic (exact) mass is 433 g/mol. The predicted octanol–water partition coefficient (Wildman–Crippen LogP) is 3.33. The van der Waals surface area contributed by atoms with E-state index in [0.717, 1.165) is 16.4 Å². The number of hydrogen-bond donors (Lipinski definition) is 0. The number of alkyl halides is 3. The molecule has 0 saturated carbocycles. The summed E-state index contributed by atoms with van der Waals surface area (Å²) in [5.74, 6) is -0.378. The van der Waals surface area contributed by atoms with Gasteiger partial charge in [0.2, 0.25) is 10.0 Å². The van der Waals surface area contributed by atoms with Gasteiger partial charge in [-0.2, -0.15) is 17.5 Å². The fraction of sp³-hybridized carbons (Fsp3) is 0.333. The first-order chi connectivity index (χ1) is 13.0. The van der Waals surface area contributed by atoms with Gasteiger partial charge in [0.05, 0.1) is 21.1 Å². The number of rotatable bonds is 5. The summed E-state index contributed by atoms with van der Waals surface area (Å²) >= 11 is 0. The average molecular weight is 433 g/mol. The summed E-state index contributed by atoms with van der Waals surface area (Å²) in [6.45, 7) is 0.123. The quantitative estimate of drug-likeness (QED) is 0.725. The molecule has 3 rings (SSSR count). The van der Waals surface area contributed by atoms with Crippen LogP contribution in [0.15, 0.2) is 64.4 Å². The maximum Gasteiger partial charge on any atom is 0.416 e. The van der Waals surface area contributed by atoms with E-state index in [2.05, 4.69) is 0 Å². The van der Waals surface area contributed by atoms with Crippen molar-refractivity contribution in [2.45, 2.75) is 34.9 Å². The molecule has 2 aromatic rings. The fourth-order valence-corrected chi connectivity index (χ4v) is 6.63. The van der Waals surface area contributed by atoms with Crippen LogP contribution in [0.2, 0.25) is 0 Å². The van der Waals surface area contributed by atoms with E-state index >= 15 is 0 Å². The Labute approximate surface area is 161 Å². The second-order valence-corrected chi connectivity index (χ2v) is 10.5. The highest BCUT2D eigenvalue weighted by Gasteiger charge is 2.38. The van der Waals surface area contributed by atoms with Crippen molar-refractivity contribution in [1.82, 2.24) is 4.31 Å². The Morgan fingerprint density at radius 1 is 0.893 bits per heavy atom. The first kappa shape index (κ1) is 20.8. The minimum absolute atomic E-state index is 0.105. The molecule has 0 spiro atoms. The minimum atomic E-state index is -4.57. The molecule has 10 heteroatoms. The Kier molecular flexibility index (Phi) is 5.57. The van der Waals surface area contributed by atoms with Crippen molar-refractivity contribution in [2.24, 2.45) is 0 Å². The first-order valence-corrected chi connectivity index (χ1v) is 11.6. The Morgan fingerprint density at radius 3 is 2.07 bits per heavy atom. The van der Waals surface area contributed by atoms with Crippen LogP contribution in [-0.2, 0) is 26.0 Å². The smallest absolute Gasteiger partial charge is 0.224 e. The molecular weight excluding hydrogens is 415 g/mol. The molecule has 1 fully saturated rings. The lowest BCUT2D eigenvalue weighted by molar-refractivity contribution is -0.137. The van der Waals surface area contributed by atoms with Gasteiger partial charge in [0.15, 0.2) is 9.84 Å². The third-order valence-electron chi connectivity index (χ3n) is 4.63. The van der Waals surface area contributed by atoms with Gasteiger partial charge in [-0.3, -0.25) is 0 Å². The van der Waals surface area contributed by atoms with E-state index in [0.29, 0.717) is 25.0 Å². The summed E-state index contributed by atoms with van der Waals surface area (Å²) in [7, 11) is -7.80. The summed E-state index contributed by atoms with van der Waals surface area (Å²) in [6, 6.07) is 10.2. The molecule has 0 radical (unpaired) electrons. The van der Waals surface area contributed by atoms with Crippen molar-refractivity contribution < 1.29 is 30.0 Å². The lowest BCUT2D eigenvalue weighted by atomic mass is 10.2. The molecule has 1 aliphatic rings. The molecule has 0 aromatic heterocycles. The second-order valence-electron chi connectivity index (χ2n) is 6.53. The molecule has 0 N–H and O–H groups in total. The van der Waals surface area contributed by atoms with Crippen molar-refractivity contribution in [3.8, 4) is 0 Å². The van der Waals surface area contributed by atoms with Crippen LogP contribution in [0.3, 0.4) is 0 Å². The van der Waals surface area contributed by atoms with E-state index in [1.54, 1.807) is 18.2 Å². The second kappa shape index (κ2) is 7.49. The fourth-order valence-electron chi connectivity index (χ4n) is 3.22. The van der Waals surface area contributed by atoms with Gasteiger partial charge < -0.3 is 0 Å². The van der Waals surface area contributed by atoms with Crippen LogP contribution in [0.5, 0.6) is 0 Å². The maximum absolute atomic E-state index is 12.9. The standard InChI is InChI=1S/C18H18F3NO4S2/c19-18(20,21)14-8-10-17(11-9-14)28(25,26)22-12-4-5-15(22)13-27(23,24)16-6-2-1-3-7-16/h1-3,6-11,15H,4-5,12-13H2/t15-/m1/s1. The lowest BCUT2D eigenvalue weighted by Crippen LogP contribution is -2.39. The van der Waals surface area contributed by atoms with E-state index in [4.69, 9.17) is 0 Å². The third-order valence-corrected chi connectivity index (χ3v) is 8.41. The number of benzene rings is 2. The van der Waals surface area contributed by atoms with Crippen LogP contribution in [0.25, 0.3) is 0 Å². The Hall–Kier alpha value is -1.91. The number of halogens is 3. The highest BCUT2D eigenvalue weighted by molar-refractivity contribution is 7.91. The summed E-state index contributed by atoms with van der Waals surface area (Å²) in [6.07, 6.45) is -3.72. The number of hydrogen-bond acceptors (Lipinski definition) is 4. The van der Waals surface area contributed by atoms with Gasteiger partial charge in [-0.15, -0.1) is 0 Å². The van der Waals surface area contributed by atoms with Gasteiger partial charge in [-0.05, 0) is 49.2 Å². The van der Waals surface area contributed by atoms with Crippen LogP contribution in [0.4, 0.5) is 13.2 Å². The Bertz CT molecular complexity index is 1030. The summed E-state index contributed by atoms with van der Waals surface area (Å²) < 4.78 is 90.1. The van der Waals surface area contributed by atoms with Gasteiger partial charge >= 0.3 is 6.18 Å². The van der Waals surface area contributed by atoms with Crippen LogP contribution < -0.4 is 0 Å². The summed E-state index contributed by atoms with van der Waals surface area (Å²) in [5, 5.41) is 0. The summed E-state index contributed by atoms with van der Waals surface area (Å²) in [4.78, 5) is -0.182. The topological polar surface area (TPSA) is 71.5 Å². The molecule has 1 heterocycles. The third kappa shape index (κ3) is 4.23. The molecule has 1 atom stereocenters. The zero-order chi connectivity index (χ0) is 20.6. The van der Waals surface area contributed by atoms with Crippen molar-refractivity contribution in [1.29, 1.82) is 0 Å². The van der Waals surface area contributed by atoms with Crippen molar-refractivity contribution in [3.05, 3.63) is 60.2 Å². The highest BCUT2D eigenvalue weighted by atomic mass is 32.2. The van der Waals surface area contributed by atoms with Gasteiger partial charge in [-0.1, -0.05) is 18.2 Å². The maximum atomic E-state index is 12.9. The Balaban J connectivity index is 1.85. The van der Waals surface area contributed by atoms with Gasteiger partial charge in [0, 0.05) is 12.6 Å². The largest absolute Gasteiger partial charge is 0.416 e. The van der Waals surface area contributed by atoms with E-state index < -0.39 is 37.6 Å². The lowest BCUT2D eigenvalue weighted by Gasteiger charge is -2.24. The molecule has 1 saturated heterocycles. The molecule has 5 nitrogen and oxygen atoms in total. The highest BCUT2D eigenvalue weighted by Crippen LogP contribution is 2.32. The van der Waals surface area contributed by atoms with Crippen LogP contribution >= 0.6 is 0 Å². The van der Waals surface area contributed by atoms with Gasteiger partial charge in [0.1, 0.15) is 0 Å².